The molecule has 0 aromatic heterocycles. The fourth-order valence-electron chi connectivity index (χ4n) is 0.478. The first-order chi connectivity index (χ1) is 4.81. The maximum atomic E-state index is 3.72. The van der Waals surface area contributed by atoms with Crippen molar-refractivity contribution in [2.24, 2.45) is 0 Å². The van der Waals surface area contributed by atoms with Crippen molar-refractivity contribution in [3.63, 3.8) is 0 Å². The standard InChI is InChI=1S/C7H7.2BrH.Mg/c1-7-5-3-2-4-6-7;;;/h2-6H,1H2;2*1H;/q;;;+2/p-2. The second-order valence-corrected chi connectivity index (χ2v) is 9.67. The summed E-state index contributed by atoms with van der Waals surface area (Å²) in [6, 6.07) is 9.87. The van der Waals surface area contributed by atoms with E-state index >= 15 is 0 Å². The van der Waals surface area contributed by atoms with Crippen LogP contribution in [0.25, 0.3) is 0 Å². The minimum Gasteiger partial charge on any atom is -0.280 e. The van der Waals surface area contributed by atoms with Crippen molar-refractivity contribution in [2.45, 2.75) is 0 Å². The molecule has 0 unspecified atom stereocenters. The first-order valence-electron chi connectivity index (χ1n) is 2.80. The van der Waals surface area contributed by atoms with Crippen molar-refractivity contribution in [1.82, 2.24) is 0 Å². The summed E-state index contributed by atoms with van der Waals surface area (Å²) in [7, 11) is 0. The number of benzene rings is 1. The Labute approximate surface area is 83.9 Å². The summed E-state index contributed by atoms with van der Waals surface area (Å²) >= 11 is 6.44. The van der Waals surface area contributed by atoms with Crippen molar-refractivity contribution in [3.8, 4) is 0 Å². The Hall–Kier alpha value is 0.946. The van der Waals surface area contributed by atoms with E-state index < -0.39 is 0 Å². The Balaban J connectivity index is 0.000000236. The van der Waals surface area contributed by atoms with E-state index in [9.17, 15) is 0 Å². The van der Waals surface area contributed by atoms with Crippen LogP contribution in [-0.2, 0) is 0 Å². The lowest BCUT2D eigenvalue weighted by Gasteiger charge is -1.82. The van der Waals surface area contributed by atoms with Crippen LogP contribution in [-0.4, -0.2) is 16.0 Å². The van der Waals surface area contributed by atoms with Gasteiger partial charge in [0.25, 0.3) is 0 Å². The Morgan fingerprint density at radius 3 is 1.70 bits per heavy atom. The van der Waals surface area contributed by atoms with Crippen molar-refractivity contribution < 1.29 is 0 Å². The molecule has 0 saturated heterocycles. The van der Waals surface area contributed by atoms with Gasteiger partial charge in [0, 0.05) is 0 Å². The van der Waals surface area contributed by atoms with E-state index in [1.54, 1.807) is 0 Å². The van der Waals surface area contributed by atoms with Crippen LogP contribution in [0.15, 0.2) is 30.3 Å². The average molecular weight is 275 g/mol. The monoisotopic (exact) mass is 273 g/mol. The van der Waals surface area contributed by atoms with Crippen LogP contribution in [0, 0.1) is 6.92 Å². The van der Waals surface area contributed by atoms with Crippen molar-refractivity contribution in [3.05, 3.63) is 42.8 Å². The van der Waals surface area contributed by atoms with Gasteiger partial charge >= 0.3 is 16.0 Å². The fraction of sp³-hybridized carbons (Fsp3) is 0. The molecule has 1 aromatic carbocycles. The second kappa shape index (κ2) is 8.05. The summed E-state index contributed by atoms with van der Waals surface area (Å²) < 4.78 is 0. The normalized spacial score (nSPS) is 7.10. The Morgan fingerprint density at radius 1 is 1.10 bits per heavy atom. The van der Waals surface area contributed by atoms with Crippen LogP contribution in [0.4, 0.5) is 0 Å². The van der Waals surface area contributed by atoms with Crippen LogP contribution in [0.5, 0.6) is 0 Å². The summed E-state index contributed by atoms with van der Waals surface area (Å²) in [5.41, 5.74) is 1.07. The first kappa shape index (κ1) is 10.9. The van der Waals surface area contributed by atoms with Crippen molar-refractivity contribution in [2.75, 3.05) is 0 Å². The molecule has 0 atom stereocenters. The molecule has 3 heteroatoms. The van der Waals surface area contributed by atoms with Crippen LogP contribution < -0.4 is 0 Å². The van der Waals surface area contributed by atoms with Crippen LogP contribution in [0.1, 0.15) is 5.56 Å². The third-order valence-electron chi connectivity index (χ3n) is 0.843. The third kappa shape index (κ3) is 7.06. The number of halogens is 2. The molecule has 1 rings (SSSR count). The minimum atomic E-state index is 0.0417. The van der Waals surface area contributed by atoms with Gasteiger partial charge in [-0.1, -0.05) is 30.3 Å². The zero-order valence-electron chi connectivity index (χ0n) is 5.56. The summed E-state index contributed by atoms with van der Waals surface area (Å²) in [5, 5.41) is 0. The topological polar surface area (TPSA) is 0 Å². The van der Waals surface area contributed by atoms with Crippen LogP contribution in [0.2, 0.25) is 0 Å². The van der Waals surface area contributed by atoms with Gasteiger partial charge in [0.15, 0.2) is 0 Å². The molecular formula is C7H7Br2Mg. The number of rotatable bonds is 0. The molecule has 0 spiro atoms. The highest BCUT2D eigenvalue weighted by Gasteiger charge is 1.72. The maximum Gasteiger partial charge on any atom is 0.560 e. The largest absolute Gasteiger partial charge is 0.560 e. The molecule has 1 aromatic rings. The van der Waals surface area contributed by atoms with Gasteiger partial charge in [-0.15, -0.1) is 0 Å². The molecule has 1 radical (unpaired) electrons. The van der Waals surface area contributed by atoms with Gasteiger partial charge in [-0.05, 0) is 12.5 Å². The molecule has 0 bridgehead atoms. The molecule has 0 amide bonds. The molecule has 0 aliphatic carbocycles. The maximum absolute atomic E-state index is 3.72. The van der Waals surface area contributed by atoms with E-state index in [1.807, 2.05) is 30.3 Å². The van der Waals surface area contributed by atoms with Crippen LogP contribution in [0.3, 0.4) is 0 Å². The molecule has 10 heavy (non-hydrogen) atoms. The minimum absolute atomic E-state index is 0.0417. The summed E-state index contributed by atoms with van der Waals surface area (Å²) in [4.78, 5) is 0. The lowest BCUT2D eigenvalue weighted by atomic mass is 10.2. The lowest BCUT2D eigenvalue weighted by molar-refractivity contribution is 1.62. The molecule has 0 aliphatic heterocycles. The number of hydrogen-bond donors (Lipinski definition) is 0. The molecule has 0 nitrogen and oxygen atoms in total. The van der Waals surface area contributed by atoms with E-state index in [1.165, 1.54) is 0 Å². The van der Waals surface area contributed by atoms with Gasteiger partial charge in [0.2, 0.25) is 0 Å². The third-order valence-corrected chi connectivity index (χ3v) is 0.843. The highest BCUT2D eigenvalue weighted by Crippen LogP contribution is 1.92. The van der Waals surface area contributed by atoms with E-state index in [0.717, 1.165) is 5.56 Å². The van der Waals surface area contributed by atoms with Crippen LogP contribution >= 0.6 is 25.8 Å². The Bertz CT molecular complexity index is 153. The Kier molecular flexibility index (Phi) is 8.81. The van der Waals surface area contributed by atoms with Gasteiger partial charge in [-0.3, -0.25) is 25.8 Å². The highest BCUT2D eigenvalue weighted by molar-refractivity contribution is 9.47. The van der Waals surface area contributed by atoms with Gasteiger partial charge < -0.3 is 0 Å². The van der Waals surface area contributed by atoms with Gasteiger partial charge in [0.1, 0.15) is 0 Å². The zero-order valence-corrected chi connectivity index (χ0v) is 10.1. The quantitative estimate of drug-likeness (QED) is 0.638. The smallest absolute Gasteiger partial charge is 0.280 e. The second-order valence-electron chi connectivity index (χ2n) is 1.59. The summed E-state index contributed by atoms with van der Waals surface area (Å²) in [6.07, 6.45) is 0. The van der Waals surface area contributed by atoms with Crippen molar-refractivity contribution in [1.29, 1.82) is 0 Å². The molecule has 0 heterocycles. The predicted octanol–water partition coefficient (Wildman–Crippen LogP) is 3.18. The fourth-order valence-corrected chi connectivity index (χ4v) is 0.478. The lowest BCUT2D eigenvalue weighted by Crippen LogP contribution is -1.62. The van der Waals surface area contributed by atoms with Crippen molar-refractivity contribution >= 4 is 41.8 Å². The predicted molar refractivity (Wildman–Crippen MR) is 54.5 cm³/mol. The van der Waals surface area contributed by atoms with Gasteiger partial charge in [-0.25, -0.2) is 0 Å². The molecule has 0 fully saturated rings. The van der Waals surface area contributed by atoms with E-state index in [-0.39, 0.29) is 16.0 Å². The number of hydrogen-bond acceptors (Lipinski definition) is 0. The van der Waals surface area contributed by atoms with Gasteiger partial charge in [-0.2, -0.15) is 0 Å². The summed E-state index contributed by atoms with van der Waals surface area (Å²) in [5.74, 6) is 0. The van der Waals surface area contributed by atoms with E-state index in [2.05, 4.69) is 32.7 Å². The molecule has 0 N–H and O–H groups in total. The molecule has 51 valence electrons. The van der Waals surface area contributed by atoms with E-state index in [4.69, 9.17) is 0 Å². The average Bonchev–Trinajstić information content (AvgIpc) is 1.91. The zero-order chi connectivity index (χ0) is 7.82. The molecular weight excluding hydrogens is 268 g/mol. The Morgan fingerprint density at radius 2 is 1.50 bits per heavy atom. The summed E-state index contributed by atoms with van der Waals surface area (Å²) in [6.45, 7) is 3.72. The molecule has 0 aliphatic rings. The molecule has 0 saturated carbocycles. The SMILES string of the molecule is [Br][Mg][Br].[CH2]c1ccccc1. The first-order valence-corrected chi connectivity index (χ1v) is 10.6. The highest BCUT2D eigenvalue weighted by atomic mass is 79.9. The van der Waals surface area contributed by atoms with E-state index in [0.29, 0.717) is 0 Å². The van der Waals surface area contributed by atoms with Gasteiger partial charge in [0.05, 0.1) is 0 Å².